The highest BCUT2D eigenvalue weighted by Gasteiger charge is 2.54. The largest absolute Gasteiger partial charge is 0.477 e. The number of hydrogen-bond donors (Lipinski definition) is 2. The first kappa shape index (κ1) is 15.4. The van der Waals surface area contributed by atoms with E-state index in [1.54, 1.807) is 0 Å². The summed E-state index contributed by atoms with van der Waals surface area (Å²) in [6, 6.07) is 1.15. The summed E-state index contributed by atoms with van der Waals surface area (Å²) in [7, 11) is 0. The third-order valence-corrected chi connectivity index (χ3v) is 5.87. The van der Waals surface area contributed by atoms with Crippen LogP contribution >= 0.6 is 34.7 Å². The van der Waals surface area contributed by atoms with Crippen LogP contribution in [0, 0.1) is 0 Å². The van der Waals surface area contributed by atoms with Crippen molar-refractivity contribution in [2.24, 2.45) is 0 Å². The zero-order valence-corrected chi connectivity index (χ0v) is 13.5. The highest BCUT2D eigenvalue weighted by molar-refractivity contribution is 8.00. The topological polar surface area (TPSA) is 86.7 Å². The molecule has 0 aliphatic carbocycles. The Bertz CT molecular complexity index is 674. The predicted octanol–water partition coefficient (Wildman–Crippen LogP) is 1.23. The van der Waals surface area contributed by atoms with Gasteiger partial charge in [-0.1, -0.05) is 11.6 Å². The first-order chi connectivity index (χ1) is 10.5. The second-order valence-corrected chi connectivity index (χ2v) is 7.16. The van der Waals surface area contributed by atoms with Crippen LogP contribution in [0.5, 0.6) is 0 Å². The molecule has 2 amide bonds. The second kappa shape index (κ2) is 5.94. The average Bonchev–Trinajstić information content (AvgIpc) is 2.97. The van der Waals surface area contributed by atoms with E-state index < -0.39 is 23.3 Å². The fourth-order valence-corrected chi connectivity index (χ4v) is 4.60. The van der Waals surface area contributed by atoms with Gasteiger partial charge in [0.05, 0.1) is 11.5 Å². The minimum absolute atomic E-state index is 0.144. The molecule has 6 nitrogen and oxygen atoms in total. The molecule has 1 aromatic rings. The van der Waals surface area contributed by atoms with Crippen LogP contribution in [-0.2, 0) is 20.8 Å². The van der Waals surface area contributed by atoms with E-state index in [1.807, 2.05) is 16.8 Å². The third kappa shape index (κ3) is 2.62. The quantitative estimate of drug-likeness (QED) is 0.790. The van der Waals surface area contributed by atoms with Crippen LogP contribution in [0.2, 0.25) is 0 Å². The van der Waals surface area contributed by atoms with Gasteiger partial charge in [-0.2, -0.15) is 11.3 Å². The van der Waals surface area contributed by atoms with Crippen molar-refractivity contribution in [2.75, 3.05) is 5.75 Å². The van der Waals surface area contributed by atoms with E-state index >= 15 is 0 Å². The first-order valence-corrected chi connectivity index (χ1v) is 8.73. The Balaban J connectivity index is 1.68. The van der Waals surface area contributed by atoms with Crippen molar-refractivity contribution in [2.45, 2.75) is 17.8 Å². The van der Waals surface area contributed by atoms with Crippen molar-refractivity contribution in [3.63, 3.8) is 0 Å². The Morgan fingerprint density at radius 1 is 1.50 bits per heavy atom. The average molecular weight is 359 g/mol. The van der Waals surface area contributed by atoms with Gasteiger partial charge < -0.3 is 10.4 Å². The number of aliphatic carboxylic acids is 1. The van der Waals surface area contributed by atoms with Crippen LogP contribution in [0.1, 0.15) is 5.56 Å². The van der Waals surface area contributed by atoms with E-state index in [2.05, 4.69) is 5.32 Å². The Kier molecular flexibility index (Phi) is 4.16. The summed E-state index contributed by atoms with van der Waals surface area (Å²) in [6.07, 6.45) is 0.201. The number of carbonyl (C=O) groups is 3. The fraction of sp³-hybridized carbons (Fsp3) is 0.308. The molecule has 2 aliphatic rings. The number of rotatable bonds is 4. The van der Waals surface area contributed by atoms with E-state index in [9.17, 15) is 14.4 Å². The Morgan fingerprint density at radius 2 is 2.27 bits per heavy atom. The minimum Gasteiger partial charge on any atom is -0.477 e. The number of nitrogens with zero attached hydrogens (tertiary/aromatic N) is 1. The van der Waals surface area contributed by atoms with Crippen molar-refractivity contribution in [1.29, 1.82) is 0 Å². The van der Waals surface area contributed by atoms with E-state index in [1.165, 1.54) is 23.1 Å². The minimum atomic E-state index is -1.23. The molecule has 3 rings (SSSR count). The summed E-state index contributed by atoms with van der Waals surface area (Å²) >= 11 is 8.72. The summed E-state index contributed by atoms with van der Waals surface area (Å²) in [5, 5.41) is 15.3. The predicted molar refractivity (Wildman–Crippen MR) is 83.6 cm³/mol. The molecule has 22 heavy (non-hydrogen) atoms. The standard InChI is InChI=1S/C13H11ClN2O4S2/c14-7-5-22-12-9(11(18)16(12)10(7)13(19)20)15-8(17)3-6-1-2-21-4-6/h1-2,4,9,12H,3,5H2,(H,15,17)(H,19,20)/t9?,12-/m1/s1. The highest BCUT2D eigenvalue weighted by Crippen LogP contribution is 2.41. The van der Waals surface area contributed by atoms with Crippen LogP contribution in [0.3, 0.4) is 0 Å². The van der Waals surface area contributed by atoms with Crippen LogP contribution in [0.25, 0.3) is 0 Å². The fourth-order valence-electron chi connectivity index (χ4n) is 2.39. The van der Waals surface area contributed by atoms with Gasteiger partial charge in [-0.3, -0.25) is 14.5 Å². The molecule has 1 unspecified atom stereocenters. The number of thioether (sulfide) groups is 1. The lowest BCUT2D eigenvalue weighted by atomic mass is 10.0. The summed E-state index contributed by atoms with van der Waals surface area (Å²) in [5.41, 5.74) is 0.704. The van der Waals surface area contributed by atoms with E-state index in [0.29, 0.717) is 5.75 Å². The van der Waals surface area contributed by atoms with Gasteiger partial charge in [0.15, 0.2) is 0 Å². The molecule has 0 radical (unpaired) electrons. The van der Waals surface area contributed by atoms with E-state index in [0.717, 1.165) is 10.5 Å². The van der Waals surface area contributed by atoms with Crippen LogP contribution < -0.4 is 5.32 Å². The Morgan fingerprint density at radius 3 is 2.91 bits per heavy atom. The van der Waals surface area contributed by atoms with Gasteiger partial charge in [0, 0.05) is 5.75 Å². The lowest BCUT2D eigenvalue weighted by molar-refractivity contribution is -0.150. The van der Waals surface area contributed by atoms with Crippen molar-refractivity contribution < 1.29 is 19.5 Å². The molecule has 1 saturated heterocycles. The number of halogens is 1. The smallest absolute Gasteiger partial charge is 0.353 e. The molecule has 9 heteroatoms. The second-order valence-electron chi connectivity index (χ2n) is 4.82. The van der Waals surface area contributed by atoms with Crippen molar-refractivity contribution in [1.82, 2.24) is 10.2 Å². The Hall–Kier alpha value is -1.51. The monoisotopic (exact) mass is 358 g/mol. The van der Waals surface area contributed by atoms with Gasteiger partial charge in [0.1, 0.15) is 17.1 Å². The first-order valence-electron chi connectivity index (χ1n) is 6.36. The number of carboxylic acids is 1. The molecule has 2 aliphatic heterocycles. The summed E-state index contributed by atoms with van der Waals surface area (Å²) in [6.45, 7) is 0. The molecule has 0 aromatic carbocycles. The van der Waals surface area contributed by atoms with Crippen LogP contribution in [-0.4, -0.2) is 45.0 Å². The van der Waals surface area contributed by atoms with Crippen LogP contribution in [0.4, 0.5) is 0 Å². The molecule has 2 N–H and O–H groups in total. The Labute approximate surface area is 139 Å². The maximum absolute atomic E-state index is 12.1. The normalized spacial score (nSPS) is 23.9. The number of β-lactam (4-membered cyclic amide) rings is 1. The molecule has 116 valence electrons. The number of amides is 2. The number of hydrogen-bond acceptors (Lipinski definition) is 5. The van der Waals surface area contributed by atoms with Crippen LogP contribution in [0.15, 0.2) is 27.6 Å². The van der Waals surface area contributed by atoms with Gasteiger partial charge in [0.25, 0.3) is 5.91 Å². The van der Waals surface area contributed by atoms with E-state index in [-0.39, 0.29) is 23.1 Å². The van der Waals surface area contributed by atoms with Crippen molar-refractivity contribution in [3.05, 3.63) is 33.1 Å². The van der Waals surface area contributed by atoms with Crippen molar-refractivity contribution >= 4 is 52.5 Å². The van der Waals surface area contributed by atoms with E-state index in [4.69, 9.17) is 16.7 Å². The number of thiophene rings is 1. The summed E-state index contributed by atoms with van der Waals surface area (Å²) in [4.78, 5) is 36.5. The molecule has 1 aromatic heterocycles. The lowest BCUT2D eigenvalue weighted by Gasteiger charge is -2.48. The molecule has 3 heterocycles. The SMILES string of the molecule is O=C(Cc1ccsc1)NC1C(=O)N2C(C(=O)O)=C(Cl)CS[C@H]12. The molecule has 0 spiro atoms. The number of fused-ring (bicyclic) bond motifs is 1. The molecule has 0 bridgehead atoms. The molecule has 2 atom stereocenters. The summed E-state index contributed by atoms with van der Waals surface area (Å²) in [5.74, 6) is -1.61. The van der Waals surface area contributed by atoms with Crippen molar-refractivity contribution in [3.8, 4) is 0 Å². The van der Waals surface area contributed by atoms with Gasteiger partial charge in [-0.05, 0) is 22.4 Å². The highest BCUT2D eigenvalue weighted by atomic mass is 35.5. The zero-order valence-electron chi connectivity index (χ0n) is 11.1. The lowest BCUT2D eigenvalue weighted by Crippen LogP contribution is -2.70. The molecular weight excluding hydrogens is 348 g/mol. The summed E-state index contributed by atoms with van der Waals surface area (Å²) < 4.78 is 0. The molecule has 0 saturated carbocycles. The van der Waals surface area contributed by atoms with Gasteiger partial charge in [-0.25, -0.2) is 4.79 Å². The molecule has 1 fully saturated rings. The van der Waals surface area contributed by atoms with Gasteiger partial charge in [0.2, 0.25) is 5.91 Å². The maximum Gasteiger partial charge on any atom is 0.353 e. The van der Waals surface area contributed by atoms with Gasteiger partial charge >= 0.3 is 5.97 Å². The maximum atomic E-state index is 12.1. The van der Waals surface area contributed by atoms with Gasteiger partial charge in [-0.15, -0.1) is 11.8 Å². The molecular formula is C13H11ClN2O4S2. The number of nitrogens with one attached hydrogen (secondary N) is 1. The number of carboxylic acid groups (broad SMARTS) is 1. The third-order valence-electron chi connectivity index (χ3n) is 3.39. The number of carbonyl (C=O) groups excluding carboxylic acids is 2. The zero-order chi connectivity index (χ0) is 15.9.